The number of aryl methyl sites for hydroxylation is 1. The van der Waals surface area contributed by atoms with Gasteiger partial charge in [-0.1, -0.05) is 12.1 Å². The summed E-state index contributed by atoms with van der Waals surface area (Å²) < 4.78 is 21.7. The predicted octanol–water partition coefficient (Wildman–Crippen LogP) is 3.95. The Morgan fingerprint density at radius 1 is 1.00 bits per heavy atom. The number of ether oxygens (including phenoxy) is 3. The van der Waals surface area contributed by atoms with Gasteiger partial charge in [-0.15, -0.1) is 0 Å². The SMILES string of the molecule is COc1ccc(CCN(Cc2ccco2)C(=O)CN(CCCN2CCOCC2)C(=O)c2ccc(C)c([N+](=O)[O-])c2)cc1OC. The molecule has 0 N–H and O–H groups in total. The first-order chi connectivity index (χ1) is 21.3. The maximum atomic E-state index is 13.9. The molecule has 1 aliphatic heterocycles. The lowest BCUT2D eigenvalue weighted by atomic mass is 10.1. The number of hydrogen-bond acceptors (Lipinski definition) is 9. The minimum absolute atomic E-state index is 0.134. The Morgan fingerprint density at radius 2 is 1.77 bits per heavy atom. The second-order valence-corrected chi connectivity index (χ2v) is 10.6. The van der Waals surface area contributed by atoms with Crippen LogP contribution in [0.3, 0.4) is 0 Å². The molecule has 4 rings (SSSR count). The summed E-state index contributed by atoms with van der Waals surface area (Å²) in [5.74, 6) is 1.13. The van der Waals surface area contributed by atoms with Crippen LogP contribution in [0.25, 0.3) is 0 Å². The summed E-state index contributed by atoms with van der Waals surface area (Å²) in [5, 5.41) is 11.6. The fourth-order valence-corrected chi connectivity index (χ4v) is 5.13. The van der Waals surface area contributed by atoms with Gasteiger partial charge < -0.3 is 28.4 Å². The van der Waals surface area contributed by atoms with Crippen LogP contribution >= 0.6 is 0 Å². The molecule has 0 saturated carbocycles. The number of nitrogens with zero attached hydrogens (tertiary/aromatic N) is 4. The summed E-state index contributed by atoms with van der Waals surface area (Å²) in [7, 11) is 3.14. The van der Waals surface area contributed by atoms with Crippen molar-refractivity contribution in [2.75, 3.05) is 66.7 Å². The molecule has 0 bridgehead atoms. The zero-order chi connectivity index (χ0) is 31.5. The molecule has 0 spiro atoms. The Kier molecular flexibility index (Phi) is 11.7. The number of rotatable bonds is 15. The number of benzene rings is 2. The van der Waals surface area contributed by atoms with Crippen LogP contribution in [0, 0.1) is 17.0 Å². The highest BCUT2D eigenvalue weighted by Gasteiger charge is 2.25. The molecule has 2 heterocycles. The fourth-order valence-electron chi connectivity index (χ4n) is 5.13. The van der Waals surface area contributed by atoms with E-state index in [9.17, 15) is 19.7 Å². The summed E-state index contributed by atoms with van der Waals surface area (Å²) >= 11 is 0. The lowest BCUT2D eigenvalue weighted by Crippen LogP contribution is -2.44. The summed E-state index contributed by atoms with van der Waals surface area (Å²) in [6.45, 7) is 6.03. The first-order valence-electron chi connectivity index (χ1n) is 14.6. The van der Waals surface area contributed by atoms with E-state index >= 15 is 0 Å². The first-order valence-corrected chi connectivity index (χ1v) is 14.6. The van der Waals surface area contributed by atoms with Crippen LogP contribution in [0.5, 0.6) is 11.5 Å². The van der Waals surface area contributed by atoms with E-state index in [1.807, 2.05) is 18.2 Å². The Hall–Kier alpha value is -4.42. The molecule has 44 heavy (non-hydrogen) atoms. The van der Waals surface area contributed by atoms with Crippen molar-refractivity contribution < 1.29 is 33.1 Å². The van der Waals surface area contributed by atoms with E-state index in [-0.39, 0.29) is 30.2 Å². The van der Waals surface area contributed by atoms with Crippen LogP contribution in [0.15, 0.2) is 59.2 Å². The average molecular weight is 609 g/mol. The normalized spacial score (nSPS) is 13.3. The lowest BCUT2D eigenvalue weighted by molar-refractivity contribution is -0.385. The van der Waals surface area contributed by atoms with Crippen molar-refractivity contribution in [3.8, 4) is 11.5 Å². The van der Waals surface area contributed by atoms with Crippen molar-refractivity contribution in [1.82, 2.24) is 14.7 Å². The molecular weight excluding hydrogens is 568 g/mol. The number of methoxy groups -OCH3 is 2. The number of nitro groups is 1. The fraction of sp³-hybridized carbons (Fsp3) is 0.438. The number of amides is 2. The van der Waals surface area contributed by atoms with Crippen molar-refractivity contribution in [1.29, 1.82) is 0 Å². The standard InChI is InChI=1S/C32H40N4O8/c1-24-7-9-26(21-28(24)36(39)40)32(38)35(13-5-12-33-15-18-43-19-16-33)23-31(37)34(22-27-6-4-17-44-27)14-11-25-8-10-29(41-2)30(20-25)42-3/h4,6-10,17,20-21H,5,11-16,18-19,22-23H2,1-3H3. The zero-order valence-corrected chi connectivity index (χ0v) is 25.5. The molecular formula is C32H40N4O8. The highest BCUT2D eigenvalue weighted by atomic mass is 16.6. The van der Waals surface area contributed by atoms with Crippen LogP contribution in [-0.2, 0) is 22.5 Å². The van der Waals surface area contributed by atoms with Gasteiger partial charge in [0.25, 0.3) is 11.6 Å². The van der Waals surface area contributed by atoms with E-state index in [0.29, 0.717) is 62.0 Å². The molecule has 3 aromatic rings. The van der Waals surface area contributed by atoms with Gasteiger partial charge >= 0.3 is 0 Å². The van der Waals surface area contributed by atoms with Crippen LogP contribution in [0.4, 0.5) is 5.69 Å². The number of hydrogen-bond donors (Lipinski definition) is 0. The maximum absolute atomic E-state index is 13.9. The Balaban J connectivity index is 1.53. The monoisotopic (exact) mass is 608 g/mol. The second-order valence-electron chi connectivity index (χ2n) is 10.6. The van der Waals surface area contributed by atoms with E-state index < -0.39 is 10.8 Å². The molecule has 0 radical (unpaired) electrons. The van der Waals surface area contributed by atoms with Gasteiger partial charge in [0.2, 0.25) is 5.91 Å². The zero-order valence-electron chi connectivity index (χ0n) is 25.5. The largest absolute Gasteiger partial charge is 0.493 e. The Labute approximate surface area is 257 Å². The second kappa shape index (κ2) is 15.9. The molecule has 0 aliphatic carbocycles. The molecule has 236 valence electrons. The third-order valence-electron chi connectivity index (χ3n) is 7.67. The average Bonchev–Trinajstić information content (AvgIpc) is 3.56. The Morgan fingerprint density at radius 3 is 2.45 bits per heavy atom. The van der Waals surface area contributed by atoms with Crippen molar-refractivity contribution in [3.63, 3.8) is 0 Å². The van der Waals surface area contributed by atoms with E-state index in [1.165, 1.54) is 11.0 Å². The number of morpholine rings is 1. The van der Waals surface area contributed by atoms with Crippen LogP contribution < -0.4 is 9.47 Å². The minimum Gasteiger partial charge on any atom is -0.493 e. The molecule has 12 nitrogen and oxygen atoms in total. The number of nitro benzene ring substituents is 1. The van der Waals surface area contributed by atoms with E-state index in [4.69, 9.17) is 18.6 Å². The summed E-state index contributed by atoms with van der Waals surface area (Å²) in [6.07, 6.45) is 2.72. The molecule has 0 atom stereocenters. The number of carbonyl (C=O) groups is 2. The third-order valence-corrected chi connectivity index (χ3v) is 7.67. The smallest absolute Gasteiger partial charge is 0.273 e. The summed E-state index contributed by atoms with van der Waals surface area (Å²) in [6, 6.07) is 13.6. The van der Waals surface area contributed by atoms with Gasteiger partial charge in [0.1, 0.15) is 12.3 Å². The summed E-state index contributed by atoms with van der Waals surface area (Å²) in [5.41, 5.74) is 1.45. The topological polar surface area (TPSA) is 128 Å². The molecule has 1 aliphatic rings. The van der Waals surface area contributed by atoms with Crippen molar-refractivity contribution in [2.24, 2.45) is 0 Å². The molecule has 1 saturated heterocycles. The van der Waals surface area contributed by atoms with Gasteiger partial charge in [0.05, 0.1) is 45.2 Å². The quantitative estimate of drug-likeness (QED) is 0.186. The van der Waals surface area contributed by atoms with E-state index in [2.05, 4.69) is 4.90 Å². The molecule has 1 fully saturated rings. The van der Waals surface area contributed by atoms with Gasteiger partial charge in [0.15, 0.2) is 11.5 Å². The van der Waals surface area contributed by atoms with Crippen LogP contribution in [0.2, 0.25) is 0 Å². The molecule has 2 amide bonds. The molecule has 0 unspecified atom stereocenters. The van der Waals surface area contributed by atoms with Crippen LogP contribution in [-0.4, -0.2) is 98.1 Å². The lowest BCUT2D eigenvalue weighted by Gasteiger charge is -2.30. The number of carbonyl (C=O) groups excluding carboxylic acids is 2. The maximum Gasteiger partial charge on any atom is 0.273 e. The highest BCUT2D eigenvalue weighted by molar-refractivity contribution is 5.97. The van der Waals surface area contributed by atoms with Gasteiger partial charge in [0, 0.05) is 49.9 Å². The van der Waals surface area contributed by atoms with Gasteiger partial charge in [-0.3, -0.25) is 24.6 Å². The van der Waals surface area contributed by atoms with Gasteiger partial charge in [-0.25, -0.2) is 0 Å². The number of furan rings is 1. The first kappa shape index (κ1) is 32.5. The van der Waals surface area contributed by atoms with Crippen molar-refractivity contribution >= 4 is 17.5 Å². The van der Waals surface area contributed by atoms with Gasteiger partial charge in [-0.05, 0) is 55.7 Å². The minimum atomic E-state index is -0.501. The predicted molar refractivity (Wildman–Crippen MR) is 163 cm³/mol. The van der Waals surface area contributed by atoms with Crippen molar-refractivity contribution in [2.45, 2.75) is 26.3 Å². The van der Waals surface area contributed by atoms with E-state index in [1.54, 1.807) is 56.6 Å². The Bertz CT molecular complexity index is 1410. The molecule has 2 aromatic carbocycles. The van der Waals surface area contributed by atoms with Gasteiger partial charge in [-0.2, -0.15) is 0 Å². The van der Waals surface area contributed by atoms with E-state index in [0.717, 1.165) is 25.2 Å². The summed E-state index contributed by atoms with van der Waals surface area (Å²) in [4.78, 5) is 44.1. The van der Waals surface area contributed by atoms with Crippen LogP contribution in [0.1, 0.15) is 33.7 Å². The van der Waals surface area contributed by atoms with Crippen molar-refractivity contribution in [3.05, 3.63) is 87.4 Å². The third kappa shape index (κ3) is 8.80. The molecule has 1 aromatic heterocycles. The molecule has 12 heteroatoms. The highest BCUT2D eigenvalue weighted by Crippen LogP contribution is 2.28.